The normalized spacial score (nSPS) is 17.1. The molecule has 1 N–H and O–H groups in total. The summed E-state index contributed by atoms with van der Waals surface area (Å²) >= 11 is 1.13. The first-order valence-corrected chi connectivity index (χ1v) is 10.5. The highest BCUT2D eigenvalue weighted by Gasteiger charge is 2.34. The van der Waals surface area contributed by atoms with Gasteiger partial charge < -0.3 is 19.7 Å². The van der Waals surface area contributed by atoms with Gasteiger partial charge in [0.2, 0.25) is 11.8 Å². The van der Waals surface area contributed by atoms with Crippen LogP contribution in [0.5, 0.6) is 11.5 Å². The summed E-state index contributed by atoms with van der Waals surface area (Å²) in [7, 11) is 0. The molecule has 0 unspecified atom stereocenters. The van der Waals surface area contributed by atoms with E-state index in [1.54, 1.807) is 35.2 Å². The molecule has 10 heteroatoms. The number of anilines is 1. The second-order valence-electron chi connectivity index (χ2n) is 7.10. The Bertz CT molecular complexity index is 1170. The zero-order valence-electron chi connectivity index (χ0n) is 16.2. The number of hydrogen-bond donors (Lipinski definition) is 1. The molecule has 158 valence electrons. The summed E-state index contributed by atoms with van der Waals surface area (Å²) in [5, 5.41) is 11.6. The van der Waals surface area contributed by atoms with E-state index in [1.807, 2.05) is 0 Å². The van der Waals surface area contributed by atoms with Gasteiger partial charge in [-0.05, 0) is 37.1 Å². The molecule has 2 aromatic carbocycles. The first-order chi connectivity index (χ1) is 15.1. The Hall–Kier alpha value is -3.53. The monoisotopic (exact) mass is 440 g/mol. The quantitative estimate of drug-likeness (QED) is 0.666. The maximum absolute atomic E-state index is 14.1. The third kappa shape index (κ3) is 3.70. The van der Waals surface area contributed by atoms with Gasteiger partial charge in [0.25, 0.3) is 11.8 Å². The number of hydrogen-bond acceptors (Lipinski definition) is 7. The highest BCUT2D eigenvalue weighted by Crippen LogP contribution is 2.36. The highest BCUT2D eigenvalue weighted by atomic mass is 32.1. The van der Waals surface area contributed by atoms with Crippen molar-refractivity contribution >= 4 is 28.8 Å². The lowest BCUT2D eigenvalue weighted by molar-refractivity contribution is 0.0730. The van der Waals surface area contributed by atoms with Crippen LogP contribution in [-0.2, 0) is 0 Å². The van der Waals surface area contributed by atoms with E-state index in [-0.39, 0.29) is 29.3 Å². The van der Waals surface area contributed by atoms with Crippen molar-refractivity contribution in [1.82, 2.24) is 15.1 Å². The standard InChI is InChI=1S/C21H17FN4O4S/c22-14-5-2-1-4-13(14)21(28)26-9-3-6-15(26)19-24-25-20(31-19)18(27)23-12-7-8-16-17(10-12)30-11-29-16/h1-2,4-5,7-8,10,15H,3,6,9,11H2,(H,23,27)/t15-/m1/s1. The Labute approximate surface area is 180 Å². The number of fused-ring (bicyclic) bond motifs is 1. The molecule has 2 aliphatic rings. The third-order valence-corrected chi connectivity index (χ3v) is 6.19. The van der Waals surface area contributed by atoms with Crippen LogP contribution in [0.2, 0.25) is 0 Å². The first-order valence-electron chi connectivity index (χ1n) is 9.70. The number of ether oxygens (including phenoxy) is 2. The van der Waals surface area contributed by atoms with E-state index in [4.69, 9.17) is 9.47 Å². The van der Waals surface area contributed by atoms with Crippen molar-refractivity contribution in [1.29, 1.82) is 0 Å². The van der Waals surface area contributed by atoms with Crippen molar-refractivity contribution in [2.75, 3.05) is 18.7 Å². The van der Waals surface area contributed by atoms with Crippen LogP contribution in [-0.4, -0.2) is 40.2 Å². The molecule has 0 spiro atoms. The fraction of sp³-hybridized carbons (Fsp3) is 0.238. The van der Waals surface area contributed by atoms with Crippen molar-refractivity contribution in [2.45, 2.75) is 18.9 Å². The molecule has 0 aliphatic carbocycles. The summed E-state index contributed by atoms with van der Waals surface area (Å²) in [6.45, 7) is 0.645. The van der Waals surface area contributed by atoms with Crippen molar-refractivity contribution < 1.29 is 23.5 Å². The molecule has 0 bridgehead atoms. The van der Waals surface area contributed by atoms with Crippen molar-refractivity contribution in [2.24, 2.45) is 0 Å². The van der Waals surface area contributed by atoms with Gasteiger partial charge in [-0.2, -0.15) is 0 Å². The Morgan fingerprint density at radius 1 is 1.13 bits per heavy atom. The Kier molecular flexibility index (Phi) is 4.99. The van der Waals surface area contributed by atoms with Crippen molar-refractivity contribution in [3.63, 3.8) is 0 Å². The lowest BCUT2D eigenvalue weighted by atomic mass is 10.1. The Balaban J connectivity index is 1.32. The lowest BCUT2D eigenvalue weighted by Crippen LogP contribution is -2.31. The van der Waals surface area contributed by atoms with Crippen molar-refractivity contribution in [3.05, 3.63) is 63.9 Å². The number of nitrogens with zero attached hydrogens (tertiary/aromatic N) is 3. The minimum Gasteiger partial charge on any atom is -0.454 e. The zero-order valence-corrected chi connectivity index (χ0v) is 17.0. The van der Waals surface area contributed by atoms with E-state index in [2.05, 4.69) is 15.5 Å². The molecule has 5 rings (SSSR count). The molecule has 1 fully saturated rings. The number of carbonyl (C=O) groups is 2. The third-order valence-electron chi connectivity index (χ3n) is 5.17. The van der Waals surface area contributed by atoms with Gasteiger partial charge in [0.1, 0.15) is 10.8 Å². The Morgan fingerprint density at radius 3 is 2.84 bits per heavy atom. The maximum Gasteiger partial charge on any atom is 0.286 e. The number of carbonyl (C=O) groups excluding carboxylic acids is 2. The molecule has 0 radical (unpaired) electrons. The van der Waals surface area contributed by atoms with Gasteiger partial charge in [-0.1, -0.05) is 23.5 Å². The molecule has 1 aromatic heterocycles. The van der Waals surface area contributed by atoms with Gasteiger partial charge in [-0.3, -0.25) is 9.59 Å². The zero-order chi connectivity index (χ0) is 21.4. The summed E-state index contributed by atoms with van der Waals surface area (Å²) in [5.41, 5.74) is 0.572. The van der Waals surface area contributed by atoms with E-state index in [9.17, 15) is 14.0 Å². The molecule has 31 heavy (non-hydrogen) atoms. The van der Waals surface area contributed by atoms with Crippen LogP contribution < -0.4 is 14.8 Å². The fourth-order valence-corrected chi connectivity index (χ4v) is 4.56. The van der Waals surface area contributed by atoms with E-state index in [0.29, 0.717) is 35.2 Å². The van der Waals surface area contributed by atoms with Crippen LogP contribution in [0.4, 0.5) is 10.1 Å². The maximum atomic E-state index is 14.1. The number of rotatable bonds is 4. The highest BCUT2D eigenvalue weighted by molar-refractivity contribution is 7.13. The average Bonchev–Trinajstić information content (AvgIpc) is 3.52. The number of likely N-dealkylation sites (tertiary alicyclic amines) is 1. The summed E-state index contributed by atoms with van der Waals surface area (Å²) in [5.74, 6) is -0.171. The topological polar surface area (TPSA) is 93.7 Å². The van der Waals surface area contributed by atoms with E-state index < -0.39 is 11.7 Å². The number of halogens is 1. The summed E-state index contributed by atoms with van der Waals surface area (Å²) in [6, 6.07) is 10.7. The van der Waals surface area contributed by atoms with Gasteiger partial charge >= 0.3 is 0 Å². The predicted molar refractivity (Wildman–Crippen MR) is 110 cm³/mol. The largest absolute Gasteiger partial charge is 0.454 e. The first kappa shape index (κ1) is 19.4. The number of nitrogens with one attached hydrogen (secondary N) is 1. The molecule has 8 nitrogen and oxygen atoms in total. The van der Waals surface area contributed by atoms with Crippen LogP contribution in [0.15, 0.2) is 42.5 Å². The molecule has 1 saturated heterocycles. The molecule has 0 saturated carbocycles. The van der Waals surface area contributed by atoms with Gasteiger partial charge in [-0.25, -0.2) is 4.39 Å². The van der Waals surface area contributed by atoms with Gasteiger partial charge in [0.15, 0.2) is 11.5 Å². The number of benzene rings is 2. The molecular formula is C21H17FN4O4S. The van der Waals surface area contributed by atoms with Crippen LogP contribution in [0.25, 0.3) is 0 Å². The molecule has 1 atom stereocenters. The summed E-state index contributed by atoms with van der Waals surface area (Å²) in [4.78, 5) is 27.1. The molecule has 2 amide bonds. The average molecular weight is 440 g/mol. The van der Waals surface area contributed by atoms with Crippen LogP contribution >= 0.6 is 11.3 Å². The number of amides is 2. The molecular weight excluding hydrogens is 423 g/mol. The second kappa shape index (κ2) is 7.95. The fourth-order valence-electron chi connectivity index (χ4n) is 3.68. The Morgan fingerprint density at radius 2 is 1.97 bits per heavy atom. The smallest absolute Gasteiger partial charge is 0.286 e. The molecule has 3 heterocycles. The van der Waals surface area contributed by atoms with E-state index in [0.717, 1.165) is 17.8 Å². The minimum absolute atomic E-state index is 0.0275. The van der Waals surface area contributed by atoms with Gasteiger partial charge in [0, 0.05) is 18.3 Å². The summed E-state index contributed by atoms with van der Waals surface area (Å²) in [6.07, 6.45) is 1.45. The second-order valence-corrected chi connectivity index (χ2v) is 8.11. The van der Waals surface area contributed by atoms with Crippen LogP contribution in [0.1, 0.15) is 44.1 Å². The minimum atomic E-state index is -0.556. The number of aromatic nitrogens is 2. The summed E-state index contributed by atoms with van der Waals surface area (Å²) < 4.78 is 24.7. The molecule has 3 aromatic rings. The lowest BCUT2D eigenvalue weighted by Gasteiger charge is -2.23. The van der Waals surface area contributed by atoms with E-state index >= 15 is 0 Å². The van der Waals surface area contributed by atoms with Gasteiger partial charge in [0.05, 0.1) is 11.6 Å². The molecule has 2 aliphatic heterocycles. The van der Waals surface area contributed by atoms with Crippen LogP contribution in [0.3, 0.4) is 0 Å². The SMILES string of the molecule is O=C(Nc1ccc2c(c1)OCO2)c1nnc([C@H]2CCCN2C(=O)c2ccccc2F)s1. The van der Waals surface area contributed by atoms with Gasteiger partial charge in [-0.15, -0.1) is 10.2 Å². The predicted octanol–water partition coefficient (Wildman–Crippen LogP) is 3.64. The van der Waals surface area contributed by atoms with E-state index in [1.165, 1.54) is 12.1 Å². The van der Waals surface area contributed by atoms with Crippen LogP contribution in [0, 0.1) is 5.82 Å². The van der Waals surface area contributed by atoms with Crippen molar-refractivity contribution in [3.8, 4) is 11.5 Å².